The molecule has 0 spiro atoms. The number of carbonyl (C=O) groups excluding carboxylic acids is 1. The van der Waals surface area contributed by atoms with Crippen LogP contribution >= 0.6 is 15.9 Å². The third-order valence-corrected chi connectivity index (χ3v) is 2.44. The van der Waals surface area contributed by atoms with Gasteiger partial charge in [0.05, 0.1) is 11.6 Å². The predicted molar refractivity (Wildman–Crippen MR) is 51.8 cm³/mol. The van der Waals surface area contributed by atoms with Crippen LogP contribution in [0.3, 0.4) is 0 Å². The van der Waals surface area contributed by atoms with Crippen LogP contribution in [0, 0.1) is 12.7 Å². The summed E-state index contributed by atoms with van der Waals surface area (Å²) in [5.41, 5.74) is -0.0862. The van der Waals surface area contributed by atoms with Gasteiger partial charge in [-0.3, -0.25) is 0 Å². The molecule has 0 aliphatic heterocycles. The Balaban J connectivity index is 3.44. The van der Waals surface area contributed by atoms with Crippen molar-refractivity contribution in [3.05, 3.63) is 27.5 Å². The molecule has 0 aliphatic rings. The molecule has 3 nitrogen and oxygen atoms in total. The molecule has 0 bridgehead atoms. The van der Waals surface area contributed by atoms with Crippen LogP contribution in [0.1, 0.15) is 15.9 Å². The van der Waals surface area contributed by atoms with Gasteiger partial charge in [-0.2, -0.15) is 0 Å². The van der Waals surface area contributed by atoms with Gasteiger partial charge in [0.25, 0.3) is 0 Å². The first kappa shape index (κ1) is 11.0. The minimum Gasteiger partial charge on any atom is -0.506 e. The van der Waals surface area contributed by atoms with Gasteiger partial charge < -0.3 is 9.84 Å². The highest BCUT2D eigenvalue weighted by molar-refractivity contribution is 9.10. The van der Waals surface area contributed by atoms with E-state index in [1.54, 1.807) is 0 Å². The van der Waals surface area contributed by atoms with Gasteiger partial charge in [0.1, 0.15) is 17.1 Å². The van der Waals surface area contributed by atoms with E-state index in [1.165, 1.54) is 6.92 Å². The zero-order chi connectivity index (χ0) is 10.9. The number of phenols is 1. The summed E-state index contributed by atoms with van der Waals surface area (Å²) in [4.78, 5) is 11.1. The number of carbonyl (C=O) groups is 1. The molecule has 0 radical (unpaired) electrons. The van der Waals surface area contributed by atoms with Crippen molar-refractivity contribution in [3.63, 3.8) is 0 Å². The number of esters is 1. The minimum atomic E-state index is -0.803. The van der Waals surface area contributed by atoms with Crippen molar-refractivity contribution >= 4 is 21.9 Å². The molecule has 0 amide bonds. The average Bonchev–Trinajstić information content (AvgIpc) is 2.14. The number of benzene rings is 1. The second kappa shape index (κ2) is 3.96. The van der Waals surface area contributed by atoms with E-state index in [9.17, 15) is 14.3 Å². The van der Waals surface area contributed by atoms with Crippen LogP contribution in [0.25, 0.3) is 0 Å². The summed E-state index contributed by atoms with van der Waals surface area (Å²) >= 11 is 2.96. The van der Waals surface area contributed by atoms with Crippen molar-refractivity contribution in [2.24, 2.45) is 0 Å². The van der Waals surface area contributed by atoms with Gasteiger partial charge in [0.15, 0.2) is 0 Å². The third kappa shape index (κ3) is 1.72. The summed E-state index contributed by atoms with van der Waals surface area (Å²) in [5.74, 6) is -1.69. The van der Waals surface area contributed by atoms with Crippen molar-refractivity contribution in [3.8, 4) is 5.75 Å². The first-order valence-electron chi connectivity index (χ1n) is 3.75. The quantitative estimate of drug-likeness (QED) is 0.791. The second-order valence-corrected chi connectivity index (χ2v) is 3.53. The molecule has 0 saturated carbocycles. The number of hydrogen-bond donors (Lipinski definition) is 1. The molecule has 76 valence electrons. The average molecular weight is 263 g/mol. The molecule has 0 aromatic heterocycles. The normalized spacial score (nSPS) is 10.0. The van der Waals surface area contributed by atoms with E-state index >= 15 is 0 Å². The standard InChI is InChI=1S/C9H8BrFO3/c1-4-7(9(13)14-2)6(11)3-5(10)8(4)12/h3,12H,1-2H3. The molecular weight excluding hydrogens is 255 g/mol. The Kier molecular flexibility index (Phi) is 3.10. The van der Waals surface area contributed by atoms with Crippen LogP contribution in [0.2, 0.25) is 0 Å². The first-order valence-corrected chi connectivity index (χ1v) is 4.54. The first-order chi connectivity index (χ1) is 6.49. The summed E-state index contributed by atoms with van der Waals surface area (Å²) in [6.07, 6.45) is 0. The summed E-state index contributed by atoms with van der Waals surface area (Å²) in [6, 6.07) is 1.02. The van der Waals surface area contributed by atoms with E-state index in [-0.39, 0.29) is 21.3 Å². The topological polar surface area (TPSA) is 46.5 Å². The van der Waals surface area contributed by atoms with Gasteiger partial charge in [0, 0.05) is 5.56 Å². The number of ether oxygens (including phenoxy) is 1. The van der Waals surface area contributed by atoms with Crippen molar-refractivity contribution in [1.82, 2.24) is 0 Å². The Hall–Kier alpha value is -1.10. The van der Waals surface area contributed by atoms with Crippen LogP contribution in [-0.2, 0) is 4.74 Å². The summed E-state index contributed by atoms with van der Waals surface area (Å²) < 4.78 is 17.9. The fraction of sp³-hybridized carbons (Fsp3) is 0.222. The molecule has 5 heteroatoms. The lowest BCUT2D eigenvalue weighted by atomic mass is 10.1. The molecule has 0 atom stereocenters. The molecule has 1 rings (SSSR count). The van der Waals surface area contributed by atoms with E-state index in [1.807, 2.05) is 0 Å². The Morgan fingerprint density at radius 2 is 2.21 bits per heavy atom. The number of hydrogen-bond acceptors (Lipinski definition) is 3. The Labute approximate surface area is 88.6 Å². The minimum absolute atomic E-state index is 0.156. The number of aromatic hydroxyl groups is 1. The highest BCUT2D eigenvalue weighted by Crippen LogP contribution is 2.32. The van der Waals surface area contributed by atoms with E-state index in [0.29, 0.717) is 0 Å². The molecule has 1 N–H and O–H groups in total. The van der Waals surface area contributed by atoms with Crippen molar-refractivity contribution in [2.75, 3.05) is 7.11 Å². The van der Waals surface area contributed by atoms with Gasteiger partial charge in [0.2, 0.25) is 0 Å². The molecule has 0 heterocycles. The van der Waals surface area contributed by atoms with Crippen molar-refractivity contribution in [1.29, 1.82) is 0 Å². The number of halogens is 2. The fourth-order valence-corrected chi connectivity index (χ4v) is 1.58. The lowest BCUT2D eigenvalue weighted by molar-refractivity contribution is 0.0594. The summed E-state index contributed by atoms with van der Waals surface area (Å²) in [5, 5.41) is 9.43. The molecule has 0 fully saturated rings. The van der Waals surface area contributed by atoms with Crippen LogP contribution in [0.4, 0.5) is 4.39 Å². The van der Waals surface area contributed by atoms with Crippen molar-refractivity contribution < 1.29 is 19.0 Å². The van der Waals surface area contributed by atoms with E-state index in [2.05, 4.69) is 20.7 Å². The molecule has 1 aromatic rings. The van der Waals surface area contributed by atoms with Crippen LogP contribution in [0.5, 0.6) is 5.75 Å². The fourth-order valence-electron chi connectivity index (χ4n) is 1.08. The van der Waals surface area contributed by atoms with Gasteiger partial charge in [-0.1, -0.05) is 0 Å². The summed E-state index contributed by atoms with van der Waals surface area (Å²) in [6.45, 7) is 1.44. The van der Waals surface area contributed by atoms with Gasteiger partial charge in [-0.15, -0.1) is 0 Å². The molecule has 0 saturated heterocycles. The maximum Gasteiger partial charge on any atom is 0.341 e. The van der Waals surface area contributed by atoms with Crippen LogP contribution < -0.4 is 0 Å². The zero-order valence-electron chi connectivity index (χ0n) is 7.60. The highest BCUT2D eigenvalue weighted by atomic mass is 79.9. The summed E-state index contributed by atoms with van der Waals surface area (Å²) in [7, 11) is 1.15. The second-order valence-electron chi connectivity index (χ2n) is 2.68. The lowest BCUT2D eigenvalue weighted by Crippen LogP contribution is -2.07. The zero-order valence-corrected chi connectivity index (χ0v) is 9.18. The van der Waals surface area contributed by atoms with Crippen LogP contribution in [-0.4, -0.2) is 18.2 Å². The molecule has 14 heavy (non-hydrogen) atoms. The lowest BCUT2D eigenvalue weighted by Gasteiger charge is -2.08. The van der Waals surface area contributed by atoms with Gasteiger partial charge >= 0.3 is 5.97 Å². The predicted octanol–water partition coefficient (Wildman–Crippen LogP) is 2.39. The van der Waals surface area contributed by atoms with Gasteiger partial charge in [-0.05, 0) is 28.9 Å². The Morgan fingerprint density at radius 3 is 2.71 bits per heavy atom. The van der Waals surface area contributed by atoms with E-state index < -0.39 is 11.8 Å². The third-order valence-electron chi connectivity index (χ3n) is 1.84. The largest absolute Gasteiger partial charge is 0.506 e. The van der Waals surface area contributed by atoms with Crippen LogP contribution in [0.15, 0.2) is 10.5 Å². The van der Waals surface area contributed by atoms with E-state index in [4.69, 9.17) is 0 Å². The van der Waals surface area contributed by atoms with Gasteiger partial charge in [-0.25, -0.2) is 9.18 Å². The Bertz CT molecular complexity index is 390. The maximum atomic E-state index is 13.3. The Morgan fingerprint density at radius 1 is 1.64 bits per heavy atom. The van der Waals surface area contributed by atoms with E-state index in [0.717, 1.165) is 13.2 Å². The number of methoxy groups -OCH3 is 1. The SMILES string of the molecule is COC(=O)c1c(F)cc(Br)c(O)c1C. The number of phenolic OH excluding ortho intramolecular Hbond substituents is 1. The smallest absolute Gasteiger partial charge is 0.341 e. The highest BCUT2D eigenvalue weighted by Gasteiger charge is 2.19. The molecular formula is C9H8BrFO3. The molecule has 0 aliphatic carbocycles. The number of rotatable bonds is 1. The molecule has 0 unspecified atom stereocenters. The molecule has 1 aromatic carbocycles. The monoisotopic (exact) mass is 262 g/mol. The van der Waals surface area contributed by atoms with Crippen molar-refractivity contribution in [2.45, 2.75) is 6.92 Å². The maximum absolute atomic E-state index is 13.3.